The number of hydrogen-bond acceptors (Lipinski definition) is 13. The van der Waals surface area contributed by atoms with Gasteiger partial charge in [-0.25, -0.2) is 4.79 Å². The number of ether oxygens (including phenoxy) is 4. The minimum atomic E-state index is -1.59. The molecule has 3 aromatic carbocycles. The number of carbonyl (C=O) groups is 2. The van der Waals surface area contributed by atoms with Crippen molar-refractivity contribution >= 4 is 29.5 Å². The van der Waals surface area contributed by atoms with E-state index in [9.17, 15) is 30.2 Å². The van der Waals surface area contributed by atoms with E-state index in [1.807, 2.05) is 36.4 Å². The molecule has 1 aliphatic heterocycles. The molecule has 1 saturated carbocycles. The summed E-state index contributed by atoms with van der Waals surface area (Å²) in [7, 11) is 0. The molecule has 2 amide bonds. The molecule has 6 atom stereocenters. The monoisotopic (exact) mass is 1050 g/mol. The molecule has 76 heavy (non-hydrogen) atoms. The lowest BCUT2D eigenvalue weighted by atomic mass is 9.55. The Morgan fingerprint density at radius 3 is 2.28 bits per heavy atom. The van der Waals surface area contributed by atoms with Gasteiger partial charge >= 0.3 is 6.09 Å². The first kappa shape index (κ1) is 59.3. The van der Waals surface area contributed by atoms with Gasteiger partial charge in [-0.3, -0.25) is 14.9 Å². The fraction of sp³-hybridized carbons (Fsp3) is 0.550. The number of nitro benzene ring substituents is 1. The summed E-state index contributed by atoms with van der Waals surface area (Å²) in [6, 6.07) is 20.1. The lowest BCUT2D eigenvalue weighted by Gasteiger charge is -2.60. The molecule has 1 fully saturated rings. The maximum absolute atomic E-state index is 15.0. The van der Waals surface area contributed by atoms with Gasteiger partial charge in [0, 0.05) is 62.4 Å². The minimum absolute atomic E-state index is 0.0236. The van der Waals surface area contributed by atoms with Crippen molar-refractivity contribution < 1.29 is 53.6 Å². The molecule has 16 heteroatoms. The molecule has 6 rings (SSSR count). The Bertz CT molecular complexity index is 2360. The molecule has 3 aliphatic rings. The van der Waals surface area contributed by atoms with Crippen molar-refractivity contribution in [1.29, 1.82) is 0 Å². The zero-order valence-corrected chi connectivity index (χ0v) is 44.6. The summed E-state index contributed by atoms with van der Waals surface area (Å²) in [4.78, 5) is 47.3. The van der Waals surface area contributed by atoms with Crippen LogP contribution in [0, 0.1) is 27.9 Å². The van der Waals surface area contributed by atoms with E-state index in [-0.39, 0.29) is 82.7 Å². The van der Waals surface area contributed by atoms with Crippen molar-refractivity contribution in [3.05, 3.63) is 130 Å². The van der Waals surface area contributed by atoms with Crippen LogP contribution in [0.2, 0.25) is 0 Å². The number of amides is 2. The van der Waals surface area contributed by atoms with Crippen molar-refractivity contribution in [1.82, 2.24) is 10.2 Å². The van der Waals surface area contributed by atoms with Crippen molar-refractivity contribution in [2.24, 2.45) is 22.9 Å². The predicted molar refractivity (Wildman–Crippen MR) is 294 cm³/mol. The smallest absolute Gasteiger partial charge is 0.412 e. The Morgan fingerprint density at radius 2 is 1.59 bits per heavy atom. The molecular weight excluding hydrogens is 969 g/mol. The molecule has 2 aliphatic carbocycles. The Labute approximate surface area is 449 Å². The highest BCUT2D eigenvalue weighted by Gasteiger charge is 2.65. The zero-order chi connectivity index (χ0) is 54.0. The number of carbonyl (C=O) groups excluding carboxylic acids is 2. The van der Waals surface area contributed by atoms with E-state index in [0.717, 1.165) is 48.8 Å². The maximum Gasteiger partial charge on any atom is 0.412 e. The topological polar surface area (TPSA) is 212 Å². The molecule has 0 aromatic heterocycles. The second-order valence-corrected chi connectivity index (χ2v) is 20.1. The van der Waals surface area contributed by atoms with Crippen LogP contribution in [0.15, 0.2) is 108 Å². The van der Waals surface area contributed by atoms with Gasteiger partial charge in [0.2, 0.25) is 11.7 Å². The molecule has 0 bridgehead atoms. The van der Waals surface area contributed by atoms with E-state index in [2.05, 4.69) is 24.9 Å². The highest BCUT2D eigenvalue weighted by molar-refractivity contribution is 6.03. The van der Waals surface area contributed by atoms with Crippen molar-refractivity contribution in [2.75, 3.05) is 52.7 Å². The van der Waals surface area contributed by atoms with Gasteiger partial charge in [0.05, 0.1) is 43.0 Å². The van der Waals surface area contributed by atoms with Gasteiger partial charge in [0.1, 0.15) is 24.1 Å². The van der Waals surface area contributed by atoms with Gasteiger partial charge in [-0.1, -0.05) is 125 Å². The fourth-order valence-corrected chi connectivity index (χ4v) is 11.1. The SMILES string of the molecule is C=CCOC12Oc3ccc(OC(=O)NCCCCCCCCCCCC)cc3C3C(CCCCO)C(CCCCO)C=C(C(=NOCc4ccccc4)CC1N(CCOCCO)C(=O)C=Cc1ccc([N+](=O)[O-])cc1)C32. The summed E-state index contributed by atoms with van der Waals surface area (Å²) < 4.78 is 26.3. The molecule has 4 N–H and O–H groups in total. The Morgan fingerprint density at radius 1 is 0.882 bits per heavy atom. The van der Waals surface area contributed by atoms with Gasteiger partial charge in [-0.2, -0.15) is 0 Å². The van der Waals surface area contributed by atoms with Crippen LogP contribution in [0.4, 0.5) is 10.5 Å². The number of nitrogens with zero attached hydrogens (tertiary/aromatic N) is 3. The van der Waals surface area contributed by atoms with Crippen LogP contribution in [0.25, 0.3) is 6.08 Å². The third-order valence-electron chi connectivity index (χ3n) is 14.8. The Kier molecular flexibility index (Phi) is 25.0. The Balaban J connectivity index is 1.43. The quantitative estimate of drug-likeness (QED) is 0.0142. The number of rotatable bonds is 35. The van der Waals surface area contributed by atoms with Crippen LogP contribution in [-0.4, -0.2) is 107 Å². The third-order valence-corrected chi connectivity index (χ3v) is 14.8. The summed E-state index contributed by atoms with van der Waals surface area (Å²) in [6.45, 7) is 6.96. The summed E-state index contributed by atoms with van der Waals surface area (Å²) in [5.41, 5.74) is 3.62. The number of aliphatic hydroxyl groups excluding tert-OH is 3. The third kappa shape index (κ3) is 16.8. The molecule has 0 spiro atoms. The average molecular weight is 1050 g/mol. The van der Waals surface area contributed by atoms with Crippen LogP contribution in [-0.2, 0) is 25.7 Å². The number of fused-ring (bicyclic) bond motifs is 2. The molecule has 0 radical (unpaired) electrons. The first-order chi connectivity index (χ1) is 37.2. The molecule has 6 unspecified atom stereocenters. The first-order valence-corrected chi connectivity index (χ1v) is 27.8. The fourth-order valence-electron chi connectivity index (χ4n) is 11.1. The van der Waals surface area contributed by atoms with E-state index in [1.54, 1.807) is 41.3 Å². The summed E-state index contributed by atoms with van der Waals surface area (Å²) in [5, 5.41) is 49.1. The van der Waals surface area contributed by atoms with Crippen LogP contribution in [0.3, 0.4) is 0 Å². The lowest BCUT2D eigenvalue weighted by Crippen LogP contribution is -2.70. The van der Waals surface area contributed by atoms with Gasteiger partial charge < -0.3 is 49.3 Å². The van der Waals surface area contributed by atoms with E-state index in [0.29, 0.717) is 55.0 Å². The molecule has 0 saturated heterocycles. The van der Waals surface area contributed by atoms with Crippen molar-refractivity contribution in [3.63, 3.8) is 0 Å². The summed E-state index contributed by atoms with van der Waals surface area (Å²) >= 11 is 0. The molecule has 16 nitrogen and oxygen atoms in total. The van der Waals surface area contributed by atoms with Crippen molar-refractivity contribution in [2.45, 2.75) is 140 Å². The molecule has 414 valence electrons. The maximum atomic E-state index is 15.0. The van der Waals surface area contributed by atoms with Gasteiger partial charge in [-0.05, 0) is 97.0 Å². The highest BCUT2D eigenvalue weighted by Crippen LogP contribution is 2.62. The Hall–Kier alpha value is -5.91. The van der Waals surface area contributed by atoms with Crippen LogP contribution >= 0.6 is 0 Å². The number of unbranched alkanes of at least 4 members (excludes halogenated alkanes) is 11. The number of non-ortho nitro benzene ring substituents is 1. The van der Waals surface area contributed by atoms with Crippen LogP contribution < -0.4 is 14.8 Å². The van der Waals surface area contributed by atoms with Gasteiger partial charge in [0.15, 0.2) is 0 Å². The first-order valence-electron chi connectivity index (χ1n) is 27.8. The average Bonchev–Trinajstić information content (AvgIpc) is 3.57. The van der Waals surface area contributed by atoms with E-state index in [1.165, 1.54) is 63.2 Å². The summed E-state index contributed by atoms with van der Waals surface area (Å²) in [5.74, 6) is -2.34. The number of benzene rings is 3. The molecule has 3 aromatic rings. The van der Waals surface area contributed by atoms with Gasteiger partial charge in [0.25, 0.3) is 5.69 Å². The van der Waals surface area contributed by atoms with Crippen molar-refractivity contribution in [3.8, 4) is 11.5 Å². The van der Waals surface area contributed by atoms with E-state index < -0.39 is 34.7 Å². The number of aliphatic hydroxyl groups is 3. The number of oxime groups is 1. The number of nitrogens with one attached hydrogen (secondary N) is 1. The lowest BCUT2D eigenvalue weighted by molar-refractivity contribution is -0.384. The minimum Gasteiger partial charge on any atom is -0.459 e. The second-order valence-electron chi connectivity index (χ2n) is 20.1. The highest BCUT2D eigenvalue weighted by atomic mass is 16.7. The van der Waals surface area contributed by atoms with Gasteiger partial charge in [-0.15, -0.1) is 6.58 Å². The standard InChI is InChI=1S/C60H82N4O12/c1-3-5-6-7-8-9-10-11-12-18-33-61-59(69)75-49-30-31-54-52(42-49)57-50(24-17-20-36-66)47(23-16-19-35-65)41-51-53(62-74-44-46-21-14-13-15-22-46)43-55(60(76-54,58(51)57)73-38-4-2)63(34-39-72-40-37-67)56(68)32-27-45-25-28-48(29-26-45)64(70)71/h4,13-15,21-22,25-32,41-42,47,50,55,57-58,65-67H,2-3,5-12,16-20,23-24,33-40,43-44H2,1H3,(H,61,69). The van der Waals surface area contributed by atoms with E-state index in [4.69, 9.17) is 28.9 Å². The summed E-state index contributed by atoms with van der Waals surface area (Å²) in [6.07, 6.45) is 22.4. The number of hydrogen-bond donors (Lipinski definition) is 4. The van der Waals surface area contributed by atoms with Crippen LogP contribution in [0.5, 0.6) is 11.5 Å². The van der Waals surface area contributed by atoms with Crippen LogP contribution in [0.1, 0.15) is 139 Å². The largest absolute Gasteiger partial charge is 0.459 e. The predicted octanol–water partition coefficient (Wildman–Crippen LogP) is 11.0. The zero-order valence-electron chi connectivity index (χ0n) is 44.6. The number of nitro groups is 1. The molecular formula is C60H82N4O12. The van der Waals surface area contributed by atoms with E-state index >= 15 is 4.79 Å². The second kappa shape index (κ2) is 32.0. The number of allylic oxidation sites excluding steroid dienone is 1. The molecule has 1 heterocycles. The normalized spacial score (nSPS) is 21.0.